The molecule has 0 aliphatic heterocycles. The number of alkyl halides is 4. The third kappa shape index (κ3) is 20.2. The van der Waals surface area contributed by atoms with E-state index in [0.717, 1.165) is 38.8 Å². The van der Waals surface area contributed by atoms with Gasteiger partial charge in [0.25, 0.3) is 5.92 Å². The molecule has 0 bridgehead atoms. The lowest BCUT2D eigenvalue weighted by Gasteiger charge is -2.17. The molecule has 0 saturated carbocycles. The van der Waals surface area contributed by atoms with E-state index in [1.165, 1.54) is 0 Å². The minimum absolute atomic E-state index is 0.264. The fourth-order valence-corrected chi connectivity index (χ4v) is 1.66. The average Bonchev–Trinajstić information content (AvgIpc) is 2.55. The van der Waals surface area contributed by atoms with Crippen molar-refractivity contribution in [3.63, 3.8) is 0 Å². The van der Waals surface area contributed by atoms with Gasteiger partial charge < -0.3 is 33.6 Å². The van der Waals surface area contributed by atoms with Crippen molar-refractivity contribution in [1.82, 2.24) is 10.6 Å². The molecule has 10 N–H and O–H groups in total. The molecule has 148 valence electrons. The van der Waals surface area contributed by atoms with E-state index in [4.69, 9.17) is 46.1 Å². The molecule has 0 spiro atoms. The van der Waals surface area contributed by atoms with Crippen molar-refractivity contribution >= 4 is 23.2 Å². The van der Waals surface area contributed by atoms with Crippen molar-refractivity contribution < 1.29 is 8.78 Å². The summed E-state index contributed by atoms with van der Waals surface area (Å²) in [7, 11) is 0. The predicted molar refractivity (Wildman–Crippen MR) is 99.8 cm³/mol. The summed E-state index contributed by atoms with van der Waals surface area (Å²) in [4.78, 5) is 0. The first kappa shape index (κ1) is 26.4. The number of halogens is 4. The van der Waals surface area contributed by atoms with Crippen LogP contribution in [0.25, 0.3) is 0 Å². The molecule has 0 aromatic heterocycles. The minimum atomic E-state index is -2.78. The average molecular weight is 395 g/mol. The lowest BCUT2D eigenvalue weighted by molar-refractivity contribution is 0.0120. The van der Waals surface area contributed by atoms with Crippen LogP contribution in [0.3, 0.4) is 0 Å². The number of hydrogen-bond donors (Lipinski definition) is 6. The Kier molecular flexibility index (Phi) is 18.3. The standard InChI is InChI=1S/C7H17Cl2N3.C7H17F2N3/c2*8-7(9,5-11)6-12-4-2-1-3-10/h2*12H,1-6,10-11H2. The molecule has 0 amide bonds. The van der Waals surface area contributed by atoms with Gasteiger partial charge in [-0.05, 0) is 51.9 Å². The minimum Gasteiger partial charge on any atom is -0.330 e. The molecule has 0 saturated heterocycles. The van der Waals surface area contributed by atoms with Gasteiger partial charge in [0.15, 0.2) is 0 Å². The maximum atomic E-state index is 12.4. The molecule has 0 fully saturated rings. The van der Waals surface area contributed by atoms with E-state index >= 15 is 0 Å². The Morgan fingerprint density at radius 1 is 0.708 bits per heavy atom. The maximum absolute atomic E-state index is 12.4. The van der Waals surface area contributed by atoms with Crippen LogP contribution in [0.15, 0.2) is 0 Å². The molecule has 0 aliphatic rings. The topological polar surface area (TPSA) is 128 Å². The van der Waals surface area contributed by atoms with E-state index in [2.05, 4.69) is 10.6 Å². The lowest BCUT2D eigenvalue weighted by atomic mass is 10.3. The van der Waals surface area contributed by atoms with Gasteiger partial charge in [0.1, 0.15) is 4.33 Å². The predicted octanol–water partition coefficient (Wildman–Crippen LogP) is 0.356. The summed E-state index contributed by atoms with van der Waals surface area (Å²) >= 11 is 11.6. The molecule has 0 aromatic carbocycles. The number of rotatable bonds is 14. The van der Waals surface area contributed by atoms with E-state index in [9.17, 15) is 8.78 Å². The van der Waals surface area contributed by atoms with Gasteiger partial charge in [-0.25, -0.2) is 8.78 Å². The second kappa shape index (κ2) is 16.7. The molecule has 0 aliphatic carbocycles. The van der Waals surface area contributed by atoms with Crippen LogP contribution in [0.4, 0.5) is 8.78 Å². The van der Waals surface area contributed by atoms with E-state index in [1.807, 2.05) is 0 Å². The van der Waals surface area contributed by atoms with Crippen molar-refractivity contribution in [3.05, 3.63) is 0 Å². The van der Waals surface area contributed by atoms with E-state index in [1.54, 1.807) is 0 Å². The zero-order valence-electron chi connectivity index (χ0n) is 14.3. The quantitative estimate of drug-likeness (QED) is 0.186. The maximum Gasteiger partial charge on any atom is 0.272 e. The van der Waals surface area contributed by atoms with Crippen LogP contribution >= 0.6 is 23.2 Å². The van der Waals surface area contributed by atoms with Gasteiger partial charge in [-0.1, -0.05) is 23.2 Å². The van der Waals surface area contributed by atoms with Crippen molar-refractivity contribution in [1.29, 1.82) is 0 Å². The molecule has 0 aromatic rings. The van der Waals surface area contributed by atoms with Gasteiger partial charge in [0.05, 0.1) is 13.1 Å². The highest BCUT2D eigenvalue weighted by molar-refractivity contribution is 6.48. The van der Waals surface area contributed by atoms with Crippen LogP contribution < -0.4 is 33.6 Å². The Hall–Kier alpha value is 0.200. The summed E-state index contributed by atoms with van der Waals surface area (Å²) in [6.45, 7) is 2.65. The second-order valence-corrected chi connectivity index (χ2v) is 7.11. The van der Waals surface area contributed by atoms with Crippen LogP contribution in [0, 0.1) is 0 Å². The summed E-state index contributed by atoms with van der Waals surface area (Å²) in [5, 5.41) is 5.74. The number of nitrogens with two attached hydrogens (primary N) is 4. The SMILES string of the molecule is NCCCCNCC(Cl)(Cl)CN.NCCCCNCC(F)(F)CN. The molecule has 24 heavy (non-hydrogen) atoms. The third-order valence-corrected chi connectivity index (χ3v) is 3.56. The van der Waals surface area contributed by atoms with Crippen LogP contribution in [0.1, 0.15) is 25.7 Å². The smallest absolute Gasteiger partial charge is 0.272 e. The Labute approximate surface area is 154 Å². The summed E-state index contributed by atoms with van der Waals surface area (Å²) in [5.41, 5.74) is 20.7. The molecule has 0 radical (unpaired) electrons. The Morgan fingerprint density at radius 2 is 1.17 bits per heavy atom. The summed E-state index contributed by atoms with van der Waals surface area (Å²) in [6.07, 6.45) is 3.76. The van der Waals surface area contributed by atoms with Crippen LogP contribution in [-0.4, -0.2) is 62.6 Å². The third-order valence-electron chi connectivity index (χ3n) is 2.98. The summed E-state index contributed by atoms with van der Waals surface area (Å²) in [6, 6.07) is 0. The largest absolute Gasteiger partial charge is 0.330 e. The van der Waals surface area contributed by atoms with Crippen molar-refractivity contribution in [2.24, 2.45) is 22.9 Å². The van der Waals surface area contributed by atoms with Gasteiger partial charge >= 0.3 is 0 Å². The molecule has 0 rings (SSSR count). The van der Waals surface area contributed by atoms with Gasteiger partial charge in [0, 0.05) is 13.1 Å². The first-order chi connectivity index (χ1) is 11.2. The zero-order chi connectivity index (χ0) is 18.9. The van der Waals surface area contributed by atoms with Gasteiger partial charge in [-0.15, -0.1) is 0 Å². The Bertz CT molecular complexity index is 248. The lowest BCUT2D eigenvalue weighted by Crippen LogP contribution is -2.39. The highest BCUT2D eigenvalue weighted by Gasteiger charge is 2.25. The zero-order valence-corrected chi connectivity index (χ0v) is 15.8. The van der Waals surface area contributed by atoms with Gasteiger partial charge in [0.2, 0.25) is 0 Å². The first-order valence-electron chi connectivity index (χ1n) is 8.22. The Morgan fingerprint density at radius 3 is 1.54 bits per heavy atom. The van der Waals surface area contributed by atoms with Crippen molar-refractivity contribution in [3.8, 4) is 0 Å². The molecule has 0 atom stereocenters. The van der Waals surface area contributed by atoms with Gasteiger partial charge in [-0.3, -0.25) is 0 Å². The number of hydrogen-bond acceptors (Lipinski definition) is 6. The Balaban J connectivity index is 0. The van der Waals surface area contributed by atoms with Crippen LogP contribution in [0.2, 0.25) is 0 Å². The van der Waals surface area contributed by atoms with Crippen LogP contribution in [-0.2, 0) is 0 Å². The normalized spacial score (nSPS) is 12.0. The van der Waals surface area contributed by atoms with Crippen molar-refractivity contribution in [2.75, 3.05) is 52.4 Å². The molecule has 10 heteroatoms. The highest BCUT2D eigenvalue weighted by atomic mass is 35.5. The van der Waals surface area contributed by atoms with Gasteiger partial charge in [-0.2, -0.15) is 0 Å². The fraction of sp³-hybridized carbons (Fsp3) is 1.00. The van der Waals surface area contributed by atoms with Crippen LogP contribution in [0.5, 0.6) is 0 Å². The molecule has 6 nitrogen and oxygen atoms in total. The van der Waals surface area contributed by atoms with E-state index < -0.39 is 16.8 Å². The fourth-order valence-electron chi connectivity index (χ4n) is 1.48. The molecular weight excluding hydrogens is 361 g/mol. The molecule has 0 unspecified atom stereocenters. The first-order valence-corrected chi connectivity index (χ1v) is 8.97. The molecule has 0 heterocycles. The molecular formula is C14H34Cl2F2N6. The summed E-state index contributed by atoms with van der Waals surface area (Å²) < 4.78 is 24.1. The summed E-state index contributed by atoms with van der Waals surface area (Å²) in [5.74, 6) is -2.78. The van der Waals surface area contributed by atoms with E-state index in [-0.39, 0.29) is 13.1 Å². The monoisotopic (exact) mass is 394 g/mol. The van der Waals surface area contributed by atoms with Crippen molar-refractivity contribution in [2.45, 2.75) is 35.9 Å². The second-order valence-electron chi connectivity index (χ2n) is 5.47. The number of unbranched alkanes of at least 4 members (excludes halogenated alkanes) is 2. The number of nitrogens with one attached hydrogen (secondary N) is 2. The van der Waals surface area contributed by atoms with E-state index in [0.29, 0.717) is 19.6 Å². The highest BCUT2D eigenvalue weighted by Crippen LogP contribution is 2.17.